The first-order valence-corrected chi connectivity index (χ1v) is 26.0. The number of amides is 1. The highest BCUT2D eigenvalue weighted by Gasteiger charge is 2.28. The molecule has 4 atom stereocenters. The smallest absolute Gasteiger partial charge is 0.249 e. The number of carbonyl (C=O) groups is 1. The van der Waals surface area contributed by atoms with Crippen molar-refractivity contribution in [3.05, 3.63) is 48.6 Å². The molecule has 0 spiro atoms. The van der Waals surface area contributed by atoms with Crippen molar-refractivity contribution in [2.45, 2.75) is 282 Å². The first-order chi connectivity index (χ1) is 29.5. The summed E-state index contributed by atoms with van der Waals surface area (Å²) in [6.07, 6.45) is 60.2. The van der Waals surface area contributed by atoms with Gasteiger partial charge in [-0.25, -0.2) is 0 Å². The molecule has 0 fully saturated rings. The third-order valence-electron chi connectivity index (χ3n) is 12.0. The maximum absolute atomic E-state index is 12.6. The molecule has 0 aliphatic carbocycles. The molecule has 0 saturated heterocycles. The minimum atomic E-state index is -1.30. The number of aliphatic hydroxyl groups is 4. The molecule has 0 aromatic heterocycles. The van der Waals surface area contributed by atoms with Crippen LogP contribution < -0.4 is 5.32 Å². The maximum atomic E-state index is 12.6. The van der Waals surface area contributed by atoms with Crippen molar-refractivity contribution in [1.29, 1.82) is 0 Å². The fourth-order valence-corrected chi connectivity index (χ4v) is 7.84. The fraction of sp³-hybridized carbons (Fsp3) is 0.833. The summed E-state index contributed by atoms with van der Waals surface area (Å²) in [6, 6.07) is -1.02. The van der Waals surface area contributed by atoms with Crippen molar-refractivity contribution >= 4 is 5.91 Å². The summed E-state index contributed by atoms with van der Waals surface area (Å²) in [5, 5.41) is 43.8. The van der Waals surface area contributed by atoms with E-state index in [1.165, 1.54) is 161 Å². The molecule has 0 aromatic carbocycles. The highest BCUT2D eigenvalue weighted by Crippen LogP contribution is 2.15. The highest BCUT2D eigenvalue weighted by atomic mass is 16.3. The van der Waals surface area contributed by atoms with Gasteiger partial charge in [0, 0.05) is 0 Å². The van der Waals surface area contributed by atoms with Crippen molar-refractivity contribution in [2.24, 2.45) is 0 Å². The van der Waals surface area contributed by atoms with Crippen LogP contribution in [0.1, 0.15) is 258 Å². The van der Waals surface area contributed by atoms with Gasteiger partial charge in [-0.1, -0.05) is 217 Å². The molecule has 6 heteroatoms. The molecule has 0 rings (SSSR count). The van der Waals surface area contributed by atoms with Gasteiger partial charge in [0.15, 0.2) is 0 Å². The summed E-state index contributed by atoms with van der Waals surface area (Å²) >= 11 is 0. The van der Waals surface area contributed by atoms with Gasteiger partial charge in [-0.05, 0) is 89.9 Å². The molecule has 0 aliphatic heterocycles. The van der Waals surface area contributed by atoms with E-state index in [0.717, 1.165) is 64.2 Å². The quantitative estimate of drug-likeness (QED) is 0.0310. The van der Waals surface area contributed by atoms with Gasteiger partial charge in [-0.2, -0.15) is 0 Å². The fourth-order valence-electron chi connectivity index (χ4n) is 7.84. The minimum Gasteiger partial charge on any atom is -0.394 e. The third-order valence-corrected chi connectivity index (χ3v) is 12.0. The predicted molar refractivity (Wildman–Crippen MR) is 260 cm³/mol. The topological polar surface area (TPSA) is 110 Å². The maximum Gasteiger partial charge on any atom is 0.249 e. The zero-order chi connectivity index (χ0) is 43.8. The Morgan fingerprint density at radius 3 is 1.05 bits per heavy atom. The number of hydrogen-bond donors (Lipinski definition) is 5. The van der Waals surface area contributed by atoms with Gasteiger partial charge >= 0.3 is 0 Å². The number of unbranched alkanes of at least 4 members (excludes halogenated alkanes) is 30. The highest BCUT2D eigenvalue weighted by molar-refractivity contribution is 5.80. The van der Waals surface area contributed by atoms with Gasteiger partial charge in [0.2, 0.25) is 5.91 Å². The second-order valence-corrected chi connectivity index (χ2v) is 17.8. The second kappa shape index (κ2) is 48.3. The summed E-state index contributed by atoms with van der Waals surface area (Å²) in [5.74, 6) is -0.604. The van der Waals surface area contributed by atoms with Crippen molar-refractivity contribution in [3.63, 3.8) is 0 Å². The van der Waals surface area contributed by atoms with Crippen LogP contribution in [0.25, 0.3) is 0 Å². The van der Waals surface area contributed by atoms with Crippen molar-refractivity contribution in [3.8, 4) is 0 Å². The Labute approximate surface area is 372 Å². The number of rotatable bonds is 47. The zero-order valence-electron chi connectivity index (χ0n) is 39.7. The van der Waals surface area contributed by atoms with E-state index in [4.69, 9.17) is 0 Å². The van der Waals surface area contributed by atoms with Gasteiger partial charge in [0.1, 0.15) is 12.2 Å². The normalized spacial score (nSPS) is 14.3. The van der Waals surface area contributed by atoms with Crippen LogP contribution in [-0.2, 0) is 4.79 Å². The molecule has 6 nitrogen and oxygen atoms in total. The molecule has 0 aliphatic rings. The zero-order valence-corrected chi connectivity index (χ0v) is 39.7. The number of aliphatic hydroxyl groups excluding tert-OH is 4. The van der Waals surface area contributed by atoms with Crippen LogP contribution >= 0.6 is 0 Å². The van der Waals surface area contributed by atoms with Gasteiger partial charge < -0.3 is 25.7 Å². The van der Waals surface area contributed by atoms with Crippen LogP contribution in [0.15, 0.2) is 48.6 Å². The predicted octanol–water partition coefficient (Wildman–Crippen LogP) is 14.6. The Morgan fingerprint density at radius 2 is 0.700 bits per heavy atom. The van der Waals surface area contributed by atoms with Crippen LogP contribution in [0.3, 0.4) is 0 Å². The lowest BCUT2D eigenvalue weighted by molar-refractivity contribution is -0.132. The lowest BCUT2D eigenvalue weighted by atomic mass is 10.00. The summed E-state index contributed by atoms with van der Waals surface area (Å²) in [4.78, 5) is 12.6. The van der Waals surface area contributed by atoms with Crippen LogP contribution in [-0.4, -0.2) is 57.3 Å². The Bertz CT molecular complexity index is 993. The summed E-state index contributed by atoms with van der Waals surface area (Å²) in [6.45, 7) is 4.05. The molecule has 0 heterocycles. The standard InChI is InChI=1S/C54H101NO5/c1-3-5-7-9-11-13-15-17-19-21-23-25-26-27-28-30-31-33-35-37-39-41-43-45-47-51(57)53(59)50(49-56)55-54(60)52(58)48-46-44-42-40-38-36-34-32-29-24-22-20-18-16-14-12-10-8-6-4-2/h26-27,29,31-33,39,41,50-53,56-59H,3-25,28,30,34-38,40,42-49H2,1-2H3,(H,55,60)/b27-26+,32-29-,33-31+,41-39+. The summed E-state index contributed by atoms with van der Waals surface area (Å²) in [7, 11) is 0. The van der Waals surface area contributed by atoms with Crippen LogP contribution in [0.5, 0.6) is 0 Å². The lowest BCUT2D eigenvalue weighted by Crippen LogP contribution is -2.53. The first kappa shape index (κ1) is 58.3. The lowest BCUT2D eigenvalue weighted by Gasteiger charge is -2.27. The molecule has 352 valence electrons. The first-order valence-electron chi connectivity index (χ1n) is 26.0. The van der Waals surface area contributed by atoms with Gasteiger partial charge in [-0.3, -0.25) is 4.79 Å². The molecule has 1 amide bonds. The molecule has 5 N–H and O–H groups in total. The molecular formula is C54H101NO5. The third kappa shape index (κ3) is 41.6. The summed E-state index contributed by atoms with van der Waals surface area (Å²) < 4.78 is 0. The number of allylic oxidation sites excluding steroid dienone is 8. The van der Waals surface area contributed by atoms with Crippen LogP contribution in [0, 0.1) is 0 Å². The Hall–Kier alpha value is -1.73. The van der Waals surface area contributed by atoms with E-state index in [9.17, 15) is 25.2 Å². The molecule has 0 aromatic rings. The Morgan fingerprint density at radius 1 is 0.400 bits per heavy atom. The number of nitrogens with one attached hydrogen (secondary N) is 1. The van der Waals surface area contributed by atoms with E-state index in [1.807, 2.05) is 0 Å². The SMILES string of the molecule is CCCCCCCCCCCC/C=C\CCCCCCCCC(O)C(=O)NC(CO)C(O)C(O)CCC/C=C/CC/C=C/CC/C=C/CCCCCCCCCCCCC. The van der Waals surface area contributed by atoms with Gasteiger partial charge in [-0.15, -0.1) is 0 Å². The van der Waals surface area contributed by atoms with E-state index in [0.29, 0.717) is 19.3 Å². The number of hydrogen-bond acceptors (Lipinski definition) is 5. The minimum absolute atomic E-state index is 0.351. The Balaban J connectivity index is 3.77. The monoisotopic (exact) mass is 844 g/mol. The molecule has 0 saturated carbocycles. The molecule has 60 heavy (non-hydrogen) atoms. The molecule has 4 unspecified atom stereocenters. The van der Waals surface area contributed by atoms with Crippen molar-refractivity contribution in [2.75, 3.05) is 6.61 Å². The van der Waals surface area contributed by atoms with E-state index >= 15 is 0 Å². The number of carbonyl (C=O) groups excluding carboxylic acids is 1. The van der Waals surface area contributed by atoms with Gasteiger partial charge in [0.05, 0.1) is 18.8 Å². The van der Waals surface area contributed by atoms with E-state index in [-0.39, 0.29) is 0 Å². The van der Waals surface area contributed by atoms with Gasteiger partial charge in [0.25, 0.3) is 0 Å². The van der Waals surface area contributed by atoms with E-state index < -0.39 is 36.9 Å². The second-order valence-electron chi connectivity index (χ2n) is 17.8. The molecular weight excluding hydrogens is 743 g/mol. The van der Waals surface area contributed by atoms with E-state index in [2.05, 4.69) is 67.8 Å². The van der Waals surface area contributed by atoms with Crippen molar-refractivity contribution in [1.82, 2.24) is 5.32 Å². The molecule has 0 bridgehead atoms. The summed E-state index contributed by atoms with van der Waals surface area (Å²) in [5.41, 5.74) is 0. The van der Waals surface area contributed by atoms with E-state index in [1.54, 1.807) is 0 Å². The Kier molecular flexibility index (Phi) is 46.9. The van der Waals surface area contributed by atoms with Crippen LogP contribution in [0.2, 0.25) is 0 Å². The van der Waals surface area contributed by atoms with Crippen LogP contribution in [0.4, 0.5) is 0 Å². The molecule has 0 radical (unpaired) electrons. The average molecular weight is 844 g/mol. The van der Waals surface area contributed by atoms with Crippen molar-refractivity contribution < 1.29 is 25.2 Å². The largest absolute Gasteiger partial charge is 0.394 e. The average Bonchev–Trinajstić information content (AvgIpc) is 3.25.